The van der Waals surface area contributed by atoms with Crippen molar-refractivity contribution >= 4 is 9.84 Å². The normalized spacial score (nSPS) is 16.1. The van der Waals surface area contributed by atoms with Crippen molar-refractivity contribution in [1.29, 1.82) is 0 Å². The molecule has 0 amide bonds. The third kappa shape index (κ3) is 4.26. The SMILES string of the molecule is NCc1cccc(S(=O)(=O)CCN(CCO)C2CCC2)c1. The van der Waals surface area contributed by atoms with E-state index in [0.717, 1.165) is 18.4 Å². The van der Waals surface area contributed by atoms with E-state index in [1.165, 1.54) is 6.42 Å². The van der Waals surface area contributed by atoms with E-state index in [1.54, 1.807) is 18.2 Å². The molecule has 0 aromatic heterocycles. The van der Waals surface area contributed by atoms with Crippen LogP contribution in [0.3, 0.4) is 0 Å². The zero-order valence-corrected chi connectivity index (χ0v) is 13.1. The Bertz CT molecular complexity index is 556. The van der Waals surface area contributed by atoms with Crippen molar-refractivity contribution in [1.82, 2.24) is 4.90 Å². The minimum Gasteiger partial charge on any atom is -0.395 e. The molecule has 1 aromatic rings. The first-order valence-corrected chi connectivity index (χ1v) is 9.08. The predicted octanol–water partition coefficient (Wildman–Crippen LogP) is 0.766. The Morgan fingerprint density at radius 3 is 2.62 bits per heavy atom. The van der Waals surface area contributed by atoms with E-state index >= 15 is 0 Å². The summed E-state index contributed by atoms with van der Waals surface area (Å²) in [6, 6.07) is 7.25. The van der Waals surface area contributed by atoms with Crippen LogP contribution < -0.4 is 5.73 Å². The molecule has 0 bridgehead atoms. The standard InChI is InChI=1S/C15H24N2O3S/c16-12-13-3-1-6-15(11-13)21(19,20)10-8-17(7-9-18)14-4-2-5-14/h1,3,6,11,14,18H,2,4-5,7-10,12,16H2. The highest BCUT2D eigenvalue weighted by Gasteiger charge is 2.26. The van der Waals surface area contributed by atoms with Gasteiger partial charge < -0.3 is 10.8 Å². The second-order valence-corrected chi connectivity index (χ2v) is 7.62. The molecular weight excluding hydrogens is 288 g/mol. The van der Waals surface area contributed by atoms with E-state index in [0.29, 0.717) is 30.6 Å². The Kier molecular flexibility index (Phi) is 5.75. The minimum atomic E-state index is -3.30. The predicted molar refractivity (Wildman–Crippen MR) is 82.7 cm³/mol. The molecule has 1 saturated carbocycles. The van der Waals surface area contributed by atoms with E-state index in [2.05, 4.69) is 4.90 Å². The molecule has 1 fully saturated rings. The second-order valence-electron chi connectivity index (χ2n) is 5.51. The molecule has 1 aliphatic carbocycles. The average molecular weight is 312 g/mol. The van der Waals surface area contributed by atoms with Gasteiger partial charge in [0.05, 0.1) is 17.3 Å². The third-order valence-electron chi connectivity index (χ3n) is 4.12. The molecule has 0 spiro atoms. The summed E-state index contributed by atoms with van der Waals surface area (Å²) >= 11 is 0. The molecule has 0 heterocycles. The van der Waals surface area contributed by atoms with E-state index in [1.807, 2.05) is 6.07 Å². The molecule has 0 saturated heterocycles. The number of rotatable bonds is 8. The van der Waals surface area contributed by atoms with Gasteiger partial charge in [0.1, 0.15) is 0 Å². The van der Waals surface area contributed by atoms with Crippen molar-refractivity contribution in [3.05, 3.63) is 29.8 Å². The molecule has 0 aliphatic heterocycles. The Morgan fingerprint density at radius 2 is 2.05 bits per heavy atom. The smallest absolute Gasteiger partial charge is 0.179 e. The Labute approximate surface area is 126 Å². The van der Waals surface area contributed by atoms with Crippen LogP contribution in [0.15, 0.2) is 29.2 Å². The molecule has 0 radical (unpaired) electrons. The maximum Gasteiger partial charge on any atom is 0.179 e. The number of nitrogens with zero attached hydrogens (tertiary/aromatic N) is 1. The van der Waals surface area contributed by atoms with Gasteiger partial charge in [-0.25, -0.2) is 8.42 Å². The zero-order chi connectivity index (χ0) is 15.3. The van der Waals surface area contributed by atoms with Crippen LogP contribution in [0, 0.1) is 0 Å². The lowest BCUT2D eigenvalue weighted by atomic mass is 9.91. The fourth-order valence-corrected chi connectivity index (χ4v) is 3.91. The molecule has 0 atom stereocenters. The van der Waals surface area contributed by atoms with Crippen molar-refractivity contribution < 1.29 is 13.5 Å². The largest absolute Gasteiger partial charge is 0.395 e. The molecule has 2 rings (SSSR count). The quantitative estimate of drug-likeness (QED) is 0.740. The van der Waals surface area contributed by atoms with E-state index in [4.69, 9.17) is 10.8 Å². The van der Waals surface area contributed by atoms with Gasteiger partial charge >= 0.3 is 0 Å². The summed E-state index contributed by atoms with van der Waals surface area (Å²) in [5.41, 5.74) is 6.38. The molecule has 0 unspecified atom stereocenters. The highest BCUT2D eigenvalue weighted by atomic mass is 32.2. The van der Waals surface area contributed by atoms with Crippen LogP contribution in [0.2, 0.25) is 0 Å². The Morgan fingerprint density at radius 1 is 1.29 bits per heavy atom. The van der Waals surface area contributed by atoms with Crippen molar-refractivity contribution in [3.63, 3.8) is 0 Å². The summed E-state index contributed by atoms with van der Waals surface area (Å²) in [6.45, 7) is 1.42. The summed E-state index contributed by atoms with van der Waals surface area (Å²) < 4.78 is 24.8. The third-order valence-corrected chi connectivity index (χ3v) is 5.81. The number of sulfone groups is 1. The summed E-state index contributed by atoms with van der Waals surface area (Å²) in [6.07, 6.45) is 3.39. The van der Waals surface area contributed by atoms with Crippen LogP contribution in [0.1, 0.15) is 24.8 Å². The fourth-order valence-electron chi connectivity index (χ4n) is 2.58. The van der Waals surface area contributed by atoms with Gasteiger partial charge in [0.2, 0.25) is 0 Å². The van der Waals surface area contributed by atoms with Crippen LogP contribution >= 0.6 is 0 Å². The minimum absolute atomic E-state index is 0.0687. The molecule has 6 heteroatoms. The first-order chi connectivity index (χ1) is 10.1. The summed E-state index contributed by atoms with van der Waals surface area (Å²) in [4.78, 5) is 2.43. The molecule has 1 aromatic carbocycles. The first-order valence-electron chi connectivity index (χ1n) is 7.43. The molecule has 21 heavy (non-hydrogen) atoms. The van der Waals surface area contributed by atoms with Crippen molar-refractivity contribution in [2.45, 2.75) is 36.7 Å². The van der Waals surface area contributed by atoms with Crippen LogP contribution in [0.5, 0.6) is 0 Å². The lowest BCUT2D eigenvalue weighted by molar-refractivity contribution is 0.108. The van der Waals surface area contributed by atoms with E-state index < -0.39 is 9.84 Å². The number of hydrogen-bond donors (Lipinski definition) is 2. The zero-order valence-electron chi connectivity index (χ0n) is 12.2. The van der Waals surface area contributed by atoms with Gasteiger partial charge in [-0.15, -0.1) is 0 Å². The molecule has 5 nitrogen and oxygen atoms in total. The number of nitrogens with two attached hydrogens (primary N) is 1. The first kappa shape index (κ1) is 16.4. The van der Waals surface area contributed by atoms with Gasteiger partial charge in [-0.05, 0) is 30.5 Å². The molecular formula is C15H24N2O3S. The van der Waals surface area contributed by atoms with Crippen LogP contribution in [0.4, 0.5) is 0 Å². The second kappa shape index (κ2) is 7.35. The van der Waals surface area contributed by atoms with Crippen LogP contribution in [-0.2, 0) is 16.4 Å². The van der Waals surface area contributed by atoms with Crippen molar-refractivity contribution in [2.24, 2.45) is 5.73 Å². The molecule has 3 N–H and O–H groups in total. The Balaban J connectivity index is 2.02. The highest BCUT2D eigenvalue weighted by molar-refractivity contribution is 7.91. The average Bonchev–Trinajstić information content (AvgIpc) is 2.43. The molecule has 118 valence electrons. The summed E-state index contributed by atoms with van der Waals surface area (Å²) in [7, 11) is -3.30. The molecule has 1 aliphatic rings. The number of benzene rings is 1. The van der Waals surface area contributed by atoms with Gasteiger partial charge in [0.25, 0.3) is 0 Å². The lowest BCUT2D eigenvalue weighted by Gasteiger charge is -2.37. The topological polar surface area (TPSA) is 83.6 Å². The number of hydrogen-bond acceptors (Lipinski definition) is 5. The van der Waals surface area contributed by atoms with Gasteiger partial charge in [-0.2, -0.15) is 0 Å². The summed E-state index contributed by atoms with van der Waals surface area (Å²) in [5.74, 6) is 0.0809. The van der Waals surface area contributed by atoms with Crippen molar-refractivity contribution in [2.75, 3.05) is 25.4 Å². The van der Waals surface area contributed by atoms with Gasteiger partial charge in [0, 0.05) is 25.7 Å². The highest BCUT2D eigenvalue weighted by Crippen LogP contribution is 2.24. The van der Waals surface area contributed by atoms with E-state index in [-0.39, 0.29) is 12.4 Å². The maximum absolute atomic E-state index is 12.4. The fraction of sp³-hybridized carbons (Fsp3) is 0.600. The lowest BCUT2D eigenvalue weighted by Crippen LogP contribution is -2.44. The van der Waals surface area contributed by atoms with Crippen LogP contribution in [-0.4, -0.2) is 49.9 Å². The van der Waals surface area contributed by atoms with Gasteiger partial charge in [-0.1, -0.05) is 18.6 Å². The van der Waals surface area contributed by atoms with Gasteiger partial charge in [-0.3, -0.25) is 4.90 Å². The van der Waals surface area contributed by atoms with Gasteiger partial charge in [0.15, 0.2) is 9.84 Å². The van der Waals surface area contributed by atoms with Crippen molar-refractivity contribution in [3.8, 4) is 0 Å². The Hall–Kier alpha value is -0.950. The maximum atomic E-state index is 12.4. The number of aliphatic hydroxyl groups excluding tert-OH is 1. The monoisotopic (exact) mass is 312 g/mol. The number of aliphatic hydroxyl groups is 1. The van der Waals surface area contributed by atoms with E-state index in [9.17, 15) is 8.42 Å². The summed E-state index contributed by atoms with van der Waals surface area (Å²) in [5, 5.41) is 9.11. The van der Waals surface area contributed by atoms with Crippen LogP contribution in [0.25, 0.3) is 0 Å².